The summed E-state index contributed by atoms with van der Waals surface area (Å²) >= 11 is 1.40. The van der Waals surface area contributed by atoms with Crippen molar-refractivity contribution in [2.24, 2.45) is 0 Å². The van der Waals surface area contributed by atoms with Crippen molar-refractivity contribution in [1.29, 1.82) is 0 Å². The van der Waals surface area contributed by atoms with Gasteiger partial charge in [-0.3, -0.25) is 4.79 Å². The van der Waals surface area contributed by atoms with E-state index in [0.717, 1.165) is 11.3 Å². The van der Waals surface area contributed by atoms with Gasteiger partial charge in [0, 0.05) is 16.5 Å². The predicted octanol–water partition coefficient (Wildman–Crippen LogP) is 4.66. The van der Waals surface area contributed by atoms with Gasteiger partial charge in [-0.15, -0.1) is 11.3 Å². The Hall–Kier alpha value is -2.26. The van der Waals surface area contributed by atoms with Crippen molar-refractivity contribution in [3.05, 3.63) is 75.6 Å². The zero-order chi connectivity index (χ0) is 14.8. The first-order valence-corrected chi connectivity index (χ1v) is 7.66. The normalized spacial score (nSPS) is 10.6. The molecule has 104 valence electrons. The number of aryl methyl sites for hydroxylation is 2. The standard InChI is InChI=1S/C18H15NOS/c1-12-8-9-15(13(2)10-12)16-11-21-18(19-16)17(20)14-6-4-3-5-7-14/h3-11H,1-2H3. The van der Waals surface area contributed by atoms with Gasteiger partial charge in [0.25, 0.3) is 0 Å². The summed E-state index contributed by atoms with van der Waals surface area (Å²) in [6, 6.07) is 15.5. The van der Waals surface area contributed by atoms with E-state index in [1.807, 2.05) is 35.7 Å². The molecule has 0 bridgehead atoms. The van der Waals surface area contributed by atoms with E-state index in [1.54, 1.807) is 0 Å². The molecule has 0 N–H and O–H groups in total. The van der Waals surface area contributed by atoms with E-state index in [0.29, 0.717) is 10.6 Å². The van der Waals surface area contributed by atoms with Gasteiger partial charge in [0.05, 0.1) is 5.69 Å². The lowest BCUT2D eigenvalue weighted by atomic mass is 10.0. The van der Waals surface area contributed by atoms with Crippen LogP contribution in [-0.4, -0.2) is 10.8 Å². The van der Waals surface area contributed by atoms with Crippen molar-refractivity contribution in [1.82, 2.24) is 4.98 Å². The van der Waals surface area contributed by atoms with E-state index in [-0.39, 0.29) is 5.78 Å². The van der Waals surface area contributed by atoms with Gasteiger partial charge >= 0.3 is 0 Å². The van der Waals surface area contributed by atoms with Crippen molar-refractivity contribution >= 4 is 17.1 Å². The van der Waals surface area contributed by atoms with Crippen molar-refractivity contribution in [3.63, 3.8) is 0 Å². The Morgan fingerprint density at radius 1 is 1.05 bits per heavy atom. The van der Waals surface area contributed by atoms with Crippen LogP contribution in [0.5, 0.6) is 0 Å². The number of hydrogen-bond donors (Lipinski definition) is 0. The van der Waals surface area contributed by atoms with E-state index in [1.165, 1.54) is 22.5 Å². The highest BCUT2D eigenvalue weighted by Crippen LogP contribution is 2.26. The summed E-state index contributed by atoms with van der Waals surface area (Å²) in [6.45, 7) is 4.14. The summed E-state index contributed by atoms with van der Waals surface area (Å²) in [4.78, 5) is 16.9. The van der Waals surface area contributed by atoms with Gasteiger partial charge in [0.15, 0.2) is 5.01 Å². The molecule has 0 fully saturated rings. The Labute approximate surface area is 128 Å². The van der Waals surface area contributed by atoms with Gasteiger partial charge in [0.2, 0.25) is 5.78 Å². The highest BCUT2D eigenvalue weighted by Gasteiger charge is 2.14. The molecule has 2 nitrogen and oxygen atoms in total. The van der Waals surface area contributed by atoms with Crippen LogP contribution in [0.1, 0.15) is 26.5 Å². The van der Waals surface area contributed by atoms with Gasteiger partial charge in [-0.05, 0) is 19.4 Å². The maximum absolute atomic E-state index is 12.4. The van der Waals surface area contributed by atoms with E-state index in [2.05, 4.69) is 37.0 Å². The summed E-state index contributed by atoms with van der Waals surface area (Å²) in [5, 5.41) is 2.49. The SMILES string of the molecule is Cc1ccc(-c2csc(C(=O)c3ccccc3)n2)c(C)c1. The molecule has 0 amide bonds. The second kappa shape index (κ2) is 5.62. The zero-order valence-electron chi connectivity index (χ0n) is 12.0. The van der Waals surface area contributed by atoms with Crippen molar-refractivity contribution < 1.29 is 4.79 Å². The largest absolute Gasteiger partial charge is 0.286 e. The van der Waals surface area contributed by atoms with E-state index >= 15 is 0 Å². The zero-order valence-corrected chi connectivity index (χ0v) is 12.8. The van der Waals surface area contributed by atoms with E-state index in [9.17, 15) is 4.79 Å². The minimum Gasteiger partial charge on any atom is -0.286 e. The second-order valence-corrected chi connectivity index (χ2v) is 5.91. The predicted molar refractivity (Wildman–Crippen MR) is 86.9 cm³/mol. The molecule has 0 aliphatic carbocycles. The maximum Gasteiger partial charge on any atom is 0.221 e. The first kappa shape index (κ1) is 13.7. The van der Waals surface area contributed by atoms with Gasteiger partial charge in [0.1, 0.15) is 0 Å². The molecule has 2 aromatic carbocycles. The summed E-state index contributed by atoms with van der Waals surface area (Å²) in [7, 11) is 0. The number of nitrogens with zero attached hydrogens (tertiary/aromatic N) is 1. The van der Waals surface area contributed by atoms with Crippen LogP contribution in [0, 0.1) is 13.8 Å². The lowest BCUT2D eigenvalue weighted by molar-refractivity contribution is 0.103. The molecule has 0 spiro atoms. The minimum atomic E-state index is -0.0170. The number of ketones is 1. The van der Waals surface area contributed by atoms with Crippen LogP contribution >= 0.6 is 11.3 Å². The van der Waals surface area contributed by atoms with Gasteiger partial charge in [-0.25, -0.2) is 4.98 Å². The molecule has 0 saturated heterocycles. The van der Waals surface area contributed by atoms with Crippen molar-refractivity contribution in [2.45, 2.75) is 13.8 Å². The van der Waals surface area contributed by atoms with Gasteiger partial charge < -0.3 is 0 Å². The van der Waals surface area contributed by atoms with Crippen molar-refractivity contribution in [2.75, 3.05) is 0 Å². The number of carbonyl (C=O) groups excluding carboxylic acids is 1. The minimum absolute atomic E-state index is 0.0170. The smallest absolute Gasteiger partial charge is 0.221 e. The fourth-order valence-electron chi connectivity index (χ4n) is 2.32. The molecule has 0 unspecified atom stereocenters. The molecule has 0 aliphatic heterocycles. The summed E-state index contributed by atoms with van der Waals surface area (Å²) in [6.07, 6.45) is 0. The molecule has 0 saturated carbocycles. The first-order valence-electron chi connectivity index (χ1n) is 6.78. The Balaban J connectivity index is 1.95. The number of aromatic nitrogens is 1. The summed E-state index contributed by atoms with van der Waals surface area (Å²) in [5.74, 6) is -0.0170. The molecule has 1 heterocycles. The van der Waals surface area contributed by atoms with Crippen LogP contribution in [-0.2, 0) is 0 Å². The second-order valence-electron chi connectivity index (χ2n) is 5.05. The third-order valence-corrected chi connectivity index (χ3v) is 4.23. The Bertz CT molecular complexity index is 790. The summed E-state index contributed by atoms with van der Waals surface area (Å²) in [5.41, 5.74) is 5.05. The monoisotopic (exact) mass is 293 g/mol. The third kappa shape index (κ3) is 2.78. The highest BCUT2D eigenvalue weighted by molar-refractivity contribution is 7.12. The van der Waals surface area contributed by atoms with E-state index in [4.69, 9.17) is 0 Å². The molecular weight excluding hydrogens is 278 g/mol. The fourth-order valence-corrected chi connectivity index (χ4v) is 3.09. The molecule has 21 heavy (non-hydrogen) atoms. The topological polar surface area (TPSA) is 30.0 Å². The number of carbonyl (C=O) groups is 1. The molecule has 0 radical (unpaired) electrons. The molecule has 1 aromatic heterocycles. The van der Waals surface area contributed by atoms with Crippen molar-refractivity contribution in [3.8, 4) is 11.3 Å². The molecule has 3 aromatic rings. The van der Waals surface area contributed by atoms with Crippen LogP contribution in [0.25, 0.3) is 11.3 Å². The van der Waals surface area contributed by atoms with E-state index < -0.39 is 0 Å². The third-order valence-electron chi connectivity index (χ3n) is 3.39. The number of benzene rings is 2. The first-order chi connectivity index (χ1) is 10.1. The van der Waals surface area contributed by atoms with Crippen LogP contribution in [0.3, 0.4) is 0 Å². The number of thiazole rings is 1. The average molecular weight is 293 g/mol. The van der Waals surface area contributed by atoms with Crippen LogP contribution in [0.4, 0.5) is 0 Å². The maximum atomic E-state index is 12.4. The fraction of sp³-hybridized carbons (Fsp3) is 0.111. The lowest BCUT2D eigenvalue weighted by Gasteiger charge is -2.03. The molecular formula is C18H15NOS. The molecule has 3 rings (SSSR count). The van der Waals surface area contributed by atoms with Crippen LogP contribution < -0.4 is 0 Å². The lowest BCUT2D eigenvalue weighted by Crippen LogP contribution is -2.00. The Morgan fingerprint density at radius 3 is 2.52 bits per heavy atom. The number of rotatable bonds is 3. The average Bonchev–Trinajstić information content (AvgIpc) is 2.97. The summed E-state index contributed by atoms with van der Waals surface area (Å²) < 4.78 is 0. The van der Waals surface area contributed by atoms with Gasteiger partial charge in [-0.1, -0.05) is 54.1 Å². The Morgan fingerprint density at radius 2 is 1.81 bits per heavy atom. The van der Waals surface area contributed by atoms with Crippen LogP contribution in [0.2, 0.25) is 0 Å². The van der Waals surface area contributed by atoms with Gasteiger partial charge in [-0.2, -0.15) is 0 Å². The quantitative estimate of drug-likeness (QED) is 0.657. The molecule has 0 aliphatic rings. The Kier molecular flexibility index (Phi) is 3.67. The number of hydrogen-bond acceptors (Lipinski definition) is 3. The molecule has 3 heteroatoms. The highest BCUT2D eigenvalue weighted by atomic mass is 32.1. The molecule has 0 atom stereocenters. The van der Waals surface area contributed by atoms with Crippen LogP contribution in [0.15, 0.2) is 53.9 Å².